The summed E-state index contributed by atoms with van der Waals surface area (Å²) in [5, 5.41) is 12.0. The highest BCUT2D eigenvalue weighted by molar-refractivity contribution is 7.98. The van der Waals surface area contributed by atoms with Crippen LogP contribution in [0.3, 0.4) is 0 Å². The van der Waals surface area contributed by atoms with Gasteiger partial charge in [0, 0.05) is 22.5 Å². The molecule has 2 aliphatic rings. The largest absolute Gasteiger partial charge is 0.493 e. The summed E-state index contributed by atoms with van der Waals surface area (Å²) in [6.45, 7) is 0. The molecule has 64 heavy (non-hydrogen) atoms. The standard InChI is InChI=1S/C48H50N4O10S2/c1-57-37-21-25-9-17-33(31-23-35(53)39(63-7)19-15-29(31)41(25)45(61-5)43(37)59-3)51-47(55)49-27-11-13-28(14-12-27)50-48(56)52-34-18-10-26-22-38(58-2)44(60-4)46(62-6)42(26)30-16-20-40(64-8)36(54)24-32(30)34/h11-16,19-24,33-34H,9-10,17-18H2,1-8H3,(H2,49,51,55)(H2,50,52,56)/t33-,34-/m0/s1. The minimum Gasteiger partial charge on any atom is -0.493 e. The summed E-state index contributed by atoms with van der Waals surface area (Å²) < 4.78 is 34.5. The molecule has 16 heteroatoms. The number of carbonyl (C=O) groups excluding carboxylic acids is 2. The van der Waals surface area contributed by atoms with E-state index >= 15 is 0 Å². The topological polar surface area (TPSA) is 172 Å². The summed E-state index contributed by atoms with van der Waals surface area (Å²) in [7, 11) is 9.33. The summed E-state index contributed by atoms with van der Waals surface area (Å²) >= 11 is 2.69. The number of thioether (sulfide) groups is 2. The molecule has 0 saturated carbocycles. The number of fused-ring (bicyclic) bond motifs is 6. The number of amides is 4. The van der Waals surface area contributed by atoms with E-state index in [1.165, 1.54) is 23.5 Å². The van der Waals surface area contributed by atoms with Crippen LogP contribution in [-0.2, 0) is 12.8 Å². The summed E-state index contributed by atoms with van der Waals surface area (Å²) in [5.74, 6) is 2.81. The molecule has 5 aromatic rings. The van der Waals surface area contributed by atoms with Crippen molar-refractivity contribution in [2.75, 3.05) is 65.8 Å². The van der Waals surface area contributed by atoms with E-state index in [1.807, 2.05) is 36.8 Å². The van der Waals surface area contributed by atoms with Gasteiger partial charge in [0.25, 0.3) is 0 Å². The lowest BCUT2D eigenvalue weighted by Crippen LogP contribution is -2.33. The molecule has 0 saturated heterocycles. The Morgan fingerprint density at radius 2 is 0.891 bits per heavy atom. The van der Waals surface area contributed by atoms with Crippen molar-refractivity contribution in [3.63, 3.8) is 0 Å². The molecular formula is C48H50N4O10S2. The molecule has 0 aromatic heterocycles. The van der Waals surface area contributed by atoms with Gasteiger partial charge in [-0.2, -0.15) is 0 Å². The van der Waals surface area contributed by atoms with Crippen LogP contribution in [0, 0.1) is 0 Å². The third kappa shape index (κ3) is 8.97. The Labute approximate surface area is 379 Å². The zero-order valence-corrected chi connectivity index (χ0v) is 38.4. The van der Waals surface area contributed by atoms with Crippen molar-refractivity contribution in [1.82, 2.24) is 10.6 Å². The van der Waals surface area contributed by atoms with E-state index in [-0.39, 0.29) is 10.9 Å². The van der Waals surface area contributed by atoms with Gasteiger partial charge >= 0.3 is 12.1 Å². The van der Waals surface area contributed by atoms with Crippen molar-refractivity contribution in [2.24, 2.45) is 0 Å². The molecule has 2 aliphatic carbocycles. The average molecular weight is 907 g/mol. The van der Waals surface area contributed by atoms with Gasteiger partial charge in [0.1, 0.15) is 0 Å². The quantitative estimate of drug-likeness (QED) is 0.0879. The first-order chi connectivity index (χ1) is 31.0. The second-order valence-electron chi connectivity index (χ2n) is 14.9. The van der Waals surface area contributed by atoms with E-state index in [1.54, 1.807) is 91.2 Å². The Kier molecular flexibility index (Phi) is 14.1. The minimum absolute atomic E-state index is 0.167. The second-order valence-corrected chi connectivity index (χ2v) is 16.6. The number of benzene rings is 3. The molecule has 0 fully saturated rings. The van der Waals surface area contributed by atoms with E-state index in [0.29, 0.717) is 92.5 Å². The molecule has 7 rings (SSSR count). The molecule has 2 atom stereocenters. The smallest absolute Gasteiger partial charge is 0.319 e. The van der Waals surface area contributed by atoms with Crippen LogP contribution in [0.2, 0.25) is 0 Å². The summed E-state index contributed by atoms with van der Waals surface area (Å²) in [4.78, 5) is 55.3. The zero-order valence-electron chi connectivity index (χ0n) is 36.8. The van der Waals surface area contributed by atoms with Gasteiger partial charge in [-0.3, -0.25) is 9.59 Å². The summed E-state index contributed by atoms with van der Waals surface area (Å²) in [6, 6.07) is 19.0. The Hall–Kier alpha value is -6.52. The predicted octanol–water partition coefficient (Wildman–Crippen LogP) is 8.85. The normalized spacial score (nSPS) is 14.7. The first-order valence-corrected chi connectivity index (χ1v) is 22.8. The molecule has 334 valence electrons. The van der Waals surface area contributed by atoms with E-state index in [0.717, 1.165) is 33.4 Å². The Balaban J connectivity index is 1.10. The molecular weight excluding hydrogens is 857 g/mol. The molecule has 4 amide bonds. The molecule has 0 heterocycles. The number of rotatable bonds is 12. The van der Waals surface area contributed by atoms with Crippen molar-refractivity contribution in [3.8, 4) is 56.8 Å². The SMILES string of the molecule is COc1cc2c(c(OC)c1OC)-c1ccc(SC)c(=O)cc1[C@@H](NC(=O)Nc1ccc(NC(=O)N[C@H]3CCc4cc(OC)c(OC)c(OC)c4-c4ccc(SC)c(=O)cc43)cc1)CC2. The lowest BCUT2D eigenvalue weighted by molar-refractivity contribution is 0.247. The molecule has 5 aromatic carbocycles. The molecule has 4 N–H and O–H groups in total. The molecule has 14 nitrogen and oxygen atoms in total. The first-order valence-electron chi connectivity index (χ1n) is 20.3. The van der Waals surface area contributed by atoms with Crippen LogP contribution in [0.15, 0.2) is 92.2 Å². The fourth-order valence-electron chi connectivity index (χ4n) is 8.52. The number of anilines is 2. The monoisotopic (exact) mass is 906 g/mol. The fourth-order valence-corrected chi connectivity index (χ4v) is 9.45. The van der Waals surface area contributed by atoms with Gasteiger partial charge in [-0.1, -0.05) is 12.1 Å². The van der Waals surface area contributed by atoms with Crippen molar-refractivity contribution in [1.29, 1.82) is 0 Å². The lowest BCUT2D eigenvalue weighted by atomic mass is 9.95. The van der Waals surface area contributed by atoms with Crippen molar-refractivity contribution < 1.29 is 38.0 Å². The molecule has 0 unspecified atom stereocenters. The van der Waals surface area contributed by atoms with Crippen LogP contribution in [0.5, 0.6) is 34.5 Å². The number of methoxy groups -OCH3 is 6. The third-order valence-corrected chi connectivity index (χ3v) is 13.0. The van der Waals surface area contributed by atoms with Gasteiger partial charge in [0.2, 0.25) is 11.5 Å². The Morgan fingerprint density at radius 1 is 0.516 bits per heavy atom. The van der Waals surface area contributed by atoms with Crippen LogP contribution in [0.1, 0.15) is 47.2 Å². The van der Waals surface area contributed by atoms with Crippen LogP contribution < -0.4 is 60.5 Å². The Bertz CT molecular complexity index is 2550. The van der Waals surface area contributed by atoms with Crippen molar-refractivity contribution >= 4 is 47.0 Å². The summed E-state index contributed by atoms with van der Waals surface area (Å²) in [6.07, 6.45) is 5.71. The fraction of sp³-hybridized carbons (Fsp3) is 0.292. The zero-order chi connectivity index (χ0) is 45.7. The number of nitrogens with one attached hydrogen (secondary N) is 4. The number of urea groups is 2. The first kappa shape index (κ1) is 45.5. The van der Waals surface area contributed by atoms with Crippen LogP contribution in [0.25, 0.3) is 22.3 Å². The molecule has 0 bridgehead atoms. The van der Waals surface area contributed by atoms with Gasteiger partial charge in [0.15, 0.2) is 33.9 Å². The minimum atomic E-state index is -0.553. The van der Waals surface area contributed by atoms with Gasteiger partial charge < -0.3 is 49.7 Å². The number of ether oxygens (including phenoxy) is 6. The van der Waals surface area contributed by atoms with Crippen LogP contribution in [-0.4, -0.2) is 67.2 Å². The Morgan fingerprint density at radius 3 is 1.22 bits per heavy atom. The number of carbonyl (C=O) groups is 2. The van der Waals surface area contributed by atoms with Gasteiger partial charge in [-0.25, -0.2) is 9.59 Å². The maximum absolute atomic E-state index is 13.7. The predicted molar refractivity (Wildman–Crippen MR) is 252 cm³/mol. The van der Waals surface area contributed by atoms with E-state index in [9.17, 15) is 19.2 Å². The maximum atomic E-state index is 13.7. The lowest BCUT2D eigenvalue weighted by Gasteiger charge is -2.20. The highest BCUT2D eigenvalue weighted by atomic mass is 32.2. The van der Waals surface area contributed by atoms with Gasteiger partial charge in [-0.15, -0.1) is 23.5 Å². The van der Waals surface area contributed by atoms with E-state index < -0.39 is 24.1 Å². The highest BCUT2D eigenvalue weighted by Gasteiger charge is 2.32. The van der Waals surface area contributed by atoms with Crippen LogP contribution in [0.4, 0.5) is 21.0 Å². The second kappa shape index (κ2) is 19.9. The van der Waals surface area contributed by atoms with Gasteiger partial charge in [-0.05, 0) is 132 Å². The third-order valence-electron chi connectivity index (χ3n) is 11.5. The number of aryl methyl sites for hydroxylation is 2. The van der Waals surface area contributed by atoms with Crippen LogP contribution >= 0.6 is 23.5 Å². The van der Waals surface area contributed by atoms with Crippen molar-refractivity contribution in [2.45, 2.75) is 47.6 Å². The highest BCUT2D eigenvalue weighted by Crippen LogP contribution is 2.52. The molecule has 0 spiro atoms. The maximum Gasteiger partial charge on any atom is 0.319 e. The molecule has 0 radical (unpaired) electrons. The van der Waals surface area contributed by atoms with E-state index in [4.69, 9.17) is 28.4 Å². The number of hydrogen-bond donors (Lipinski definition) is 4. The summed E-state index contributed by atoms with van der Waals surface area (Å²) in [5.41, 5.74) is 6.70. The average Bonchev–Trinajstić information content (AvgIpc) is 3.69. The van der Waals surface area contributed by atoms with E-state index in [2.05, 4.69) is 21.3 Å². The van der Waals surface area contributed by atoms with Crippen molar-refractivity contribution in [3.05, 3.63) is 115 Å². The number of hydrogen-bond acceptors (Lipinski definition) is 12. The van der Waals surface area contributed by atoms with Gasteiger partial charge in [0.05, 0.1) is 64.5 Å². The molecule has 0 aliphatic heterocycles.